The lowest BCUT2D eigenvalue weighted by Crippen LogP contribution is -2.23. The maximum absolute atomic E-state index is 13.6. The molecule has 1 atom stereocenters. The Morgan fingerprint density at radius 3 is 2.50 bits per heavy atom. The van der Waals surface area contributed by atoms with Crippen LogP contribution < -0.4 is 5.32 Å². The molecule has 1 amide bonds. The van der Waals surface area contributed by atoms with Crippen LogP contribution in [0.3, 0.4) is 0 Å². The van der Waals surface area contributed by atoms with Crippen molar-refractivity contribution in [1.82, 2.24) is 10.2 Å². The van der Waals surface area contributed by atoms with Crippen molar-refractivity contribution in [2.75, 3.05) is 5.32 Å². The molecule has 0 saturated heterocycles. The fourth-order valence-corrected chi connectivity index (χ4v) is 2.68. The van der Waals surface area contributed by atoms with Gasteiger partial charge in [0.15, 0.2) is 0 Å². The largest absolute Gasteiger partial charge is 0.411 e. The second-order valence-corrected chi connectivity index (χ2v) is 6.55. The van der Waals surface area contributed by atoms with Crippen molar-refractivity contribution in [1.29, 1.82) is 0 Å². The number of anilines is 1. The number of halogens is 3. The van der Waals surface area contributed by atoms with Crippen molar-refractivity contribution >= 4 is 23.4 Å². The summed E-state index contributed by atoms with van der Waals surface area (Å²) in [7, 11) is 0. The van der Waals surface area contributed by atoms with Gasteiger partial charge in [-0.15, -0.1) is 10.2 Å². The standard InChI is InChI=1S/C17H12F3N3O2S/c1-9(15(24)21-14-8-12(19)6-7-13(14)20)26-17-23-22-16(25-17)10-2-4-11(18)5-3-10/h2-9H,1H3,(H,21,24)/t9-/m1/s1. The summed E-state index contributed by atoms with van der Waals surface area (Å²) >= 11 is 0.957. The Hall–Kier alpha value is -2.81. The van der Waals surface area contributed by atoms with Gasteiger partial charge in [0.05, 0.1) is 10.9 Å². The molecule has 3 aromatic rings. The molecule has 0 fully saturated rings. The van der Waals surface area contributed by atoms with Crippen LogP contribution in [0.2, 0.25) is 0 Å². The fraction of sp³-hybridized carbons (Fsp3) is 0.118. The van der Waals surface area contributed by atoms with Crippen molar-refractivity contribution in [3.63, 3.8) is 0 Å². The number of benzene rings is 2. The highest BCUT2D eigenvalue weighted by molar-refractivity contribution is 8.00. The molecule has 0 spiro atoms. The van der Waals surface area contributed by atoms with Gasteiger partial charge < -0.3 is 9.73 Å². The predicted octanol–water partition coefficient (Wildman–Crippen LogP) is 4.27. The van der Waals surface area contributed by atoms with Crippen LogP contribution >= 0.6 is 11.8 Å². The van der Waals surface area contributed by atoms with Crippen LogP contribution in [-0.2, 0) is 4.79 Å². The summed E-state index contributed by atoms with van der Waals surface area (Å²) in [5.41, 5.74) is 0.282. The highest BCUT2D eigenvalue weighted by Gasteiger charge is 2.20. The van der Waals surface area contributed by atoms with E-state index in [0.717, 1.165) is 30.0 Å². The summed E-state index contributed by atoms with van der Waals surface area (Å²) in [4.78, 5) is 12.1. The van der Waals surface area contributed by atoms with Crippen molar-refractivity contribution in [2.45, 2.75) is 17.4 Å². The molecule has 134 valence electrons. The number of nitrogens with one attached hydrogen (secondary N) is 1. The molecule has 0 saturated carbocycles. The maximum Gasteiger partial charge on any atom is 0.277 e. The van der Waals surface area contributed by atoms with E-state index in [1.807, 2.05) is 0 Å². The topological polar surface area (TPSA) is 68.0 Å². The second-order valence-electron chi connectivity index (χ2n) is 5.25. The van der Waals surface area contributed by atoms with E-state index in [4.69, 9.17) is 4.42 Å². The zero-order chi connectivity index (χ0) is 18.7. The van der Waals surface area contributed by atoms with Gasteiger partial charge in [-0.2, -0.15) is 0 Å². The molecule has 9 heteroatoms. The quantitative estimate of drug-likeness (QED) is 0.671. The lowest BCUT2D eigenvalue weighted by molar-refractivity contribution is -0.115. The van der Waals surface area contributed by atoms with Crippen LogP contribution in [-0.4, -0.2) is 21.4 Å². The van der Waals surface area contributed by atoms with E-state index < -0.39 is 28.6 Å². The Labute approximate surface area is 150 Å². The normalized spacial score (nSPS) is 12.0. The zero-order valence-electron chi connectivity index (χ0n) is 13.4. The third-order valence-electron chi connectivity index (χ3n) is 3.33. The predicted molar refractivity (Wildman–Crippen MR) is 90.0 cm³/mol. The monoisotopic (exact) mass is 379 g/mol. The van der Waals surface area contributed by atoms with E-state index in [1.165, 1.54) is 24.3 Å². The highest BCUT2D eigenvalue weighted by Crippen LogP contribution is 2.27. The van der Waals surface area contributed by atoms with Gasteiger partial charge in [-0.1, -0.05) is 11.8 Å². The van der Waals surface area contributed by atoms with Crippen LogP contribution in [0.15, 0.2) is 52.1 Å². The summed E-state index contributed by atoms with van der Waals surface area (Å²) < 4.78 is 45.1. The number of hydrogen-bond acceptors (Lipinski definition) is 5. The molecular weight excluding hydrogens is 367 g/mol. The molecule has 0 aliphatic carbocycles. The van der Waals surface area contributed by atoms with Crippen molar-refractivity contribution in [3.05, 3.63) is 59.9 Å². The number of rotatable bonds is 5. The molecule has 0 unspecified atom stereocenters. The molecule has 3 rings (SSSR count). The molecule has 0 bridgehead atoms. The molecule has 26 heavy (non-hydrogen) atoms. The molecular formula is C17H12F3N3O2S. The summed E-state index contributed by atoms with van der Waals surface area (Å²) in [5.74, 6) is -2.17. The van der Waals surface area contributed by atoms with Gasteiger partial charge in [0.1, 0.15) is 17.5 Å². The summed E-state index contributed by atoms with van der Waals surface area (Å²) in [5, 5.41) is 9.37. The Kier molecular flexibility index (Phi) is 5.27. The van der Waals surface area contributed by atoms with Crippen LogP contribution in [0.1, 0.15) is 6.92 Å². The van der Waals surface area contributed by atoms with Gasteiger partial charge in [0, 0.05) is 11.6 Å². The van der Waals surface area contributed by atoms with Crippen LogP contribution in [0.5, 0.6) is 0 Å². The maximum atomic E-state index is 13.6. The van der Waals surface area contributed by atoms with Crippen molar-refractivity contribution < 1.29 is 22.4 Å². The molecule has 5 nitrogen and oxygen atoms in total. The minimum Gasteiger partial charge on any atom is -0.411 e. The average molecular weight is 379 g/mol. The number of carbonyl (C=O) groups is 1. The van der Waals surface area contributed by atoms with Crippen LogP contribution in [0, 0.1) is 17.5 Å². The van der Waals surface area contributed by atoms with Gasteiger partial charge in [0.25, 0.3) is 5.22 Å². The van der Waals surface area contributed by atoms with Crippen molar-refractivity contribution in [2.24, 2.45) is 0 Å². The lowest BCUT2D eigenvalue weighted by atomic mass is 10.2. The van der Waals surface area contributed by atoms with E-state index in [0.29, 0.717) is 5.56 Å². The van der Waals surface area contributed by atoms with E-state index in [-0.39, 0.29) is 16.8 Å². The third-order valence-corrected chi connectivity index (χ3v) is 4.26. The first kappa shape index (κ1) is 18.0. The highest BCUT2D eigenvalue weighted by atomic mass is 32.2. The number of amides is 1. The number of nitrogens with zero attached hydrogens (tertiary/aromatic N) is 2. The molecule has 0 aliphatic heterocycles. The van der Waals surface area contributed by atoms with Gasteiger partial charge >= 0.3 is 0 Å². The number of hydrogen-bond donors (Lipinski definition) is 1. The SMILES string of the molecule is C[C@@H](Sc1nnc(-c2ccc(F)cc2)o1)C(=O)Nc1cc(F)ccc1F. The van der Waals surface area contributed by atoms with Gasteiger partial charge in [0.2, 0.25) is 11.8 Å². The van der Waals surface area contributed by atoms with E-state index >= 15 is 0 Å². The number of carbonyl (C=O) groups excluding carboxylic acids is 1. The van der Waals surface area contributed by atoms with Gasteiger partial charge in [-0.3, -0.25) is 4.79 Å². The van der Waals surface area contributed by atoms with E-state index in [2.05, 4.69) is 15.5 Å². The smallest absolute Gasteiger partial charge is 0.277 e. The van der Waals surface area contributed by atoms with Gasteiger partial charge in [-0.25, -0.2) is 13.2 Å². The molecule has 0 radical (unpaired) electrons. The van der Waals surface area contributed by atoms with E-state index in [1.54, 1.807) is 6.92 Å². The lowest BCUT2D eigenvalue weighted by Gasteiger charge is -2.10. The average Bonchev–Trinajstić information content (AvgIpc) is 3.07. The second kappa shape index (κ2) is 7.61. The summed E-state index contributed by atoms with van der Waals surface area (Å²) in [6.07, 6.45) is 0. The minimum atomic E-state index is -0.742. The molecule has 1 heterocycles. The summed E-state index contributed by atoms with van der Waals surface area (Å²) in [6.45, 7) is 1.55. The first-order valence-corrected chi connectivity index (χ1v) is 8.32. The number of aromatic nitrogens is 2. The minimum absolute atomic E-state index is 0.117. The van der Waals surface area contributed by atoms with Crippen LogP contribution in [0.4, 0.5) is 18.9 Å². The van der Waals surface area contributed by atoms with Gasteiger partial charge in [-0.05, 0) is 43.3 Å². The van der Waals surface area contributed by atoms with Crippen molar-refractivity contribution in [3.8, 4) is 11.5 Å². The van der Waals surface area contributed by atoms with E-state index in [9.17, 15) is 18.0 Å². The third kappa shape index (κ3) is 4.23. The Morgan fingerprint density at radius 2 is 1.77 bits per heavy atom. The van der Waals surface area contributed by atoms with Crippen LogP contribution in [0.25, 0.3) is 11.5 Å². The summed E-state index contributed by atoms with van der Waals surface area (Å²) in [6, 6.07) is 8.27. The molecule has 2 aromatic carbocycles. The first-order valence-electron chi connectivity index (χ1n) is 7.44. The Morgan fingerprint density at radius 1 is 1.08 bits per heavy atom. The Balaban J connectivity index is 1.66. The molecule has 0 aliphatic rings. The molecule has 1 aromatic heterocycles. The Bertz CT molecular complexity index is 931. The zero-order valence-corrected chi connectivity index (χ0v) is 14.2. The number of thioether (sulfide) groups is 1. The first-order chi connectivity index (χ1) is 12.4. The molecule has 1 N–H and O–H groups in total. The fourth-order valence-electron chi connectivity index (χ4n) is 2.00.